The highest BCUT2D eigenvalue weighted by atomic mass is 16.5. The van der Waals surface area contributed by atoms with Crippen LogP contribution in [-0.2, 0) is 11.2 Å². The Labute approximate surface area is 126 Å². The Morgan fingerprint density at radius 3 is 2.76 bits per heavy atom. The molecule has 3 rings (SSSR count). The summed E-state index contributed by atoms with van der Waals surface area (Å²) in [6.45, 7) is 2.77. The van der Waals surface area contributed by atoms with Gasteiger partial charge in [-0.25, -0.2) is 0 Å². The molecule has 1 amide bonds. The number of benzene rings is 1. The molecular formula is C17H24N2O2. The predicted molar refractivity (Wildman–Crippen MR) is 82.1 cm³/mol. The second kappa shape index (κ2) is 5.68. The van der Waals surface area contributed by atoms with Gasteiger partial charge in [-0.2, -0.15) is 0 Å². The minimum absolute atomic E-state index is 0.0220. The highest BCUT2D eigenvalue weighted by molar-refractivity contribution is 5.83. The average Bonchev–Trinajstić information content (AvgIpc) is 2.94. The van der Waals surface area contributed by atoms with Crippen molar-refractivity contribution in [2.24, 2.45) is 11.7 Å². The van der Waals surface area contributed by atoms with E-state index in [-0.39, 0.29) is 11.4 Å². The van der Waals surface area contributed by atoms with E-state index < -0.39 is 6.10 Å². The monoisotopic (exact) mass is 288 g/mol. The van der Waals surface area contributed by atoms with E-state index in [0.717, 1.165) is 42.9 Å². The van der Waals surface area contributed by atoms with Gasteiger partial charge in [0.25, 0.3) is 5.91 Å². The van der Waals surface area contributed by atoms with Gasteiger partial charge in [-0.05, 0) is 43.2 Å². The molecule has 1 saturated carbocycles. The van der Waals surface area contributed by atoms with E-state index in [9.17, 15) is 4.79 Å². The summed E-state index contributed by atoms with van der Waals surface area (Å²) in [5, 5.41) is 3.19. The summed E-state index contributed by atoms with van der Waals surface area (Å²) in [4.78, 5) is 12.5. The largest absolute Gasteiger partial charge is 0.480 e. The van der Waals surface area contributed by atoms with E-state index in [1.807, 2.05) is 24.3 Å². The van der Waals surface area contributed by atoms with Crippen LogP contribution in [0.2, 0.25) is 0 Å². The Hall–Kier alpha value is -1.55. The molecule has 1 aliphatic heterocycles. The van der Waals surface area contributed by atoms with Crippen LogP contribution >= 0.6 is 0 Å². The molecule has 1 fully saturated rings. The number of carbonyl (C=O) groups excluding carboxylic acids is 1. The summed E-state index contributed by atoms with van der Waals surface area (Å²) in [7, 11) is 0. The SMILES string of the molecule is CC1CCC(CN)(NC(=O)C2Cc3ccccc3O2)CC1. The Balaban J connectivity index is 1.64. The molecule has 4 nitrogen and oxygen atoms in total. The van der Waals surface area contributed by atoms with Crippen LogP contribution in [0.5, 0.6) is 5.75 Å². The van der Waals surface area contributed by atoms with Crippen LogP contribution < -0.4 is 15.8 Å². The number of hydrogen-bond donors (Lipinski definition) is 2. The van der Waals surface area contributed by atoms with Gasteiger partial charge >= 0.3 is 0 Å². The average molecular weight is 288 g/mol. The molecule has 1 aromatic carbocycles. The third-order valence-corrected chi connectivity index (χ3v) is 4.95. The number of ether oxygens (including phenoxy) is 1. The number of fused-ring (bicyclic) bond motifs is 1. The van der Waals surface area contributed by atoms with Crippen LogP contribution in [0.25, 0.3) is 0 Å². The second-order valence-corrected chi connectivity index (χ2v) is 6.57. The highest BCUT2D eigenvalue weighted by Crippen LogP contribution is 2.32. The van der Waals surface area contributed by atoms with E-state index in [1.165, 1.54) is 0 Å². The smallest absolute Gasteiger partial charge is 0.261 e. The van der Waals surface area contributed by atoms with Crippen LogP contribution in [-0.4, -0.2) is 24.1 Å². The van der Waals surface area contributed by atoms with Crippen molar-refractivity contribution in [3.63, 3.8) is 0 Å². The summed E-state index contributed by atoms with van der Waals surface area (Å²) in [6, 6.07) is 7.85. The number of hydrogen-bond acceptors (Lipinski definition) is 3. The fraction of sp³-hybridized carbons (Fsp3) is 0.588. The van der Waals surface area contributed by atoms with Gasteiger partial charge in [0, 0.05) is 13.0 Å². The maximum absolute atomic E-state index is 12.5. The summed E-state index contributed by atoms with van der Waals surface area (Å²) in [6.07, 6.45) is 4.43. The Morgan fingerprint density at radius 2 is 2.10 bits per heavy atom. The number of para-hydroxylation sites is 1. The molecule has 0 saturated heterocycles. The van der Waals surface area contributed by atoms with Crippen LogP contribution in [0, 0.1) is 5.92 Å². The second-order valence-electron chi connectivity index (χ2n) is 6.57. The Kier molecular flexibility index (Phi) is 3.89. The van der Waals surface area contributed by atoms with Gasteiger partial charge in [0.1, 0.15) is 5.75 Å². The molecule has 1 heterocycles. The molecule has 21 heavy (non-hydrogen) atoms. The molecule has 2 aliphatic rings. The standard InChI is InChI=1S/C17H24N2O2/c1-12-6-8-17(11-18,9-7-12)19-16(20)15-10-13-4-2-3-5-14(13)21-15/h2-5,12,15H,6-11,18H2,1H3,(H,19,20). The lowest BCUT2D eigenvalue weighted by Gasteiger charge is -2.39. The molecule has 114 valence electrons. The summed E-state index contributed by atoms with van der Waals surface area (Å²) in [5.41, 5.74) is 6.83. The van der Waals surface area contributed by atoms with Crippen LogP contribution in [0.4, 0.5) is 0 Å². The van der Waals surface area contributed by atoms with Crippen molar-refractivity contribution < 1.29 is 9.53 Å². The van der Waals surface area contributed by atoms with Gasteiger partial charge in [0.2, 0.25) is 0 Å². The lowest BCUT2D eigenvalue weighted by molar-refractivity contribution is -0.129. The normalized spacial score (nSPS) is 31.3. The van der Waals surface area contributed by atoms with Crippen molar-refractivity contribution in [1.29, 1.82) is 0 Å². The number of carbonyl (C=O) groups is 1. The van der Waals surface area contributed by atoms with E-state index in [1.54, 1.807) is 0 Å². The van der Waals surface area contributed by atoms with E-state index >= 15 is 0 Å². The Morgan fingerprint density at radius 1 is 1.38 bits per heavy atom. The lowest BCUT2D eigenvalue weighted by Crippen LogP contribution is -2.58. The quantitative estimate of drug-likeness (QED) is 0.894. The Bertz CT molecular complexity index is 496. The minimum Gasteiger partial charge on any atom is -0.480 e. The number of nitrogens with one attached hydrogen (secondary N) is 1. The summed E-state index contributed by atoms with van der Waals surface area (Å²) >= 11 is 0. The van der Waals surface area contributed by atoms with Crippen LogP contribution in [0.1, 0.15) is 38.2 Å². The highest BCUT2D eigenvalue weighted by Gasteiger charge is 2.38. The maximum atomic E-state index is 12.5. The maximum Gasteiger partial charge on any atom is 0.261 e. The first-order valence-electron chi connectivity index (χ1n) is 7.88. The van der Waals surface area contributed by atoms with Gasteiger partial charge in [-0.15, -0.1) is 0 Å². The van der Waals surface area contributed by atoms with Crippen molar-refractivity contribution in [2.75, 3.05) is 6.54 Å². The van der Waals surface area contributed by atoms with Gasteiger partial charge in [-0.3, -0.25) is 4.79 Å². The van der Waals surface area contributed by atoms with Crippen molar-refractivity contribution in [3.8, 4) is 5.75 Å². The van der Waals surface area contributed by atoms with Crippen LogP contribution in [0.3, 0.4) is 0 Å². The molecule has 1 unspecified atom stereocenters. The van der Waals surface area contributed by atoms with E-state index in [0.29, 0.717) is 13.0 Å². The third-order valence-electron chi connectivity index (χ3n) is 4.95. The molecule has 0 aromatic heterocycles. The van der Waals surface area contributed by atoms with Gasteiger partial charge in [0.05, 0.1) is 5.54 Å². The van der Waals surface area contributed by atoms with Gasteiger partial charge in [0.15, 0.2) is 6.10 Å². The minimum atomic E-state index is -0.412. The lowest BCUT2D eigenvalue weighted by atomic mass is 9.77. The zero-order valence-electron chi connectivity index (χ0n) is 12.6. The summed E-state index contributed by atoms with van der Waals surface area (Å²) < 4.78 is 5.77. The first-order chi connectivity index (χ1) is 10.1. The van der Waals surface area contributed by atoms with Crippen molar-refractivity contribution >= 4 is 5.91 Å². The van der Waals surface area contributed by atoms with Crippen molar-refractivity contribution in [2.45, 2.75) is 50.7 Å². The predicted octanol–water partition coefficient (Wildman–Crippen LogP) is 2.01. The van der Waals surface area contributed by atoms with Crippen LogP contribution in [0.15, 0.2) is 24.3 Å². The zero-order chi connectivity index (χ0) is 14.9. The first kappa shape index (κ1) is 14.4. The molecular weight excluding hydrogens is 264 g/mol. The molecule has 3 N–H and O–H groups in total. The molecule has 0 bridgehead atoms. The van der Waals surface area contributed by atoms with E-state index in [4.69, 9.17) is 10.5 Å². The van der Waals surface area contributed by atoms with E-state index in [2.05, 4.69) is 12.2 Å². The van der Waals surface area contributed by atoms with Gasteiger partial charge in [-0.1, -0.05) is 25.1 Å². The topological polar surface area (TPSA) is 64.3 Å². The molecule has 0 spiro atoms. The molecule has 1 aliphatic carbocycles. The number of nitrogens with two attached hydrogens (primary N) is 1. The van der Waals surface area contributed by atoms with Crippen molar-refractivity contribution in [3.05, 3.63) is 29.8 Å². The zero-order valence-corrected chi connectivity index (χ0v) is 12.6. The summed E-state index contributed by atoms with van der Waals surface area (Å²) in [5.74, 6) is 1.54. The first-order valence-corrected chi connectivity index (χ1v) is 7.88. The number of rotatable bonds is 3. The molecule has 1 aromatic rings. The number of amides is 1. The molecule has 1 atom stereocenters. The molecule has 0 radical (unpaired) electrons. The molecule has 4 heteroatoms. The third kappa shape index (κ3) is 2.91. The fourth-order valence-electron chi connectivity index (χ4n) is 3.37. The fourth-order valence-corrected chi connectivity index (χ4v) is 3.37. The van der Waals surface area contributed by atoms with Crippen molar-refractivity contribution in [1.82, 2.24) is 5.32 Å². The van der Waals surface area contributed by atoms with Gasteiger partial charge < -0.3 is 15.8 Å².